The average Bonchev–Trinajstić information content (AvgIpc) is 3.86. The number of nitrogens with one attached hydrogen (secondary N) is 3. The Morgan fingerprint density at radius 3 is 2.35 bits per heavy atom. The average molecular weight is 657 g/mol. The van der Waals surface area contributed by atoms with Crippen molar-refractivity contribution < 1.29 is 33.8 Å². The third kappa shape index (κ3) is 7.56. The molecule has 13 heteroatoms. The number of hydrogen-bond donors (Lipinski definition) is 4. The minimum absolute atomic E-state index is 0.0243. The standard InChI is InChI=1S/C35H40N6O7/c1-21-7-5-6-8-25(21)38-33(46)39-26-12-11-23(18-29(26)48-4)20-40-34(47)41(32(45)35(40,2)3)28(17-22-9-10-22)31(44)37-27(19-30(42)43)24-13-15-36-16-14-24/h5-8,11-16,18,22,27-28H,9-10,17,19-20H2,1-4H3,(H,37,44)(H,42,43)(H2,38,39,46)/t27?,28-/m0/s1. The summed E-state index contributed by atoms with van der Waals surface area (Å²) in [6, 6.07) is 12.6. The fourth-order valence-electron chi connectivity index (χ4n) is 5.80. The molecule has 2 aromatic carbocycles. The molecule has 5 rings (SSSR count). The lowest BCUT2D eigenvalue weighted by Gasteiger charge is -2.28. The largest absolute Gasteiger partial charge is 0.495 e. The van der Waals surface area contributed by atoms with Gasteiger partial charge in [-0.15, -0.1) is 0 Å². The van der Waals surface area contributed by atoms with Crippen LogP contribution in [0.5, 0.6) is 5.75 Å². The van der Waals surface area contributed by atoms with E-state index in [0.717, 1.165) is 23.3 Å². The van der Waals surface area contributed by atoms with Gasteiger partial charge in [-0.1, -0.05) is 37.1 Å². The third-order valence-corrected chi connectivity index (χ3v) is 8.77. The molecule has 2 atom stereocenters. The van der Waals surface area contributed by atoms with Crippen molar-refractivity contribution in [3.63, 3.8) is 0 Å². The van der Waals surface area contributed by atoms with Gasteiger partial charge in [0, 0.05) is 24.6 Å². The van der Waals surface area contributed by atoms with Gasteiger partial charge < -0.3 is 30.7 Å². The molecular formula is C35H40N6O7. The first-order valence-electron chi connectivity index (χ1n) is 15.8. The number of urea groups is 2. The van der Waals surface area contributed by atoms with Crippen LogP contribution in [0.3, 0.4) is 0 Å². The van der Waals surface area contributed by atoms with E-state index in [-0.39, 0.29) is 25.3 Å². The number of nitrogens with zero attached hydrogens (tertiary/aromatic N) is 3. The summed E-state index contributed by atoms with van der Waals surface area (Å²) in [5.74, 6) is -1.70. The van der Waals surface area contributed by atoms with Crippen LogP contribution in [0, 0.1) is 12.8 Å². The summed E-state index contributed by atoms with van der Waals surface area (Å²) in [4.78, 5) is 72.6. The van der Waals surface area contributed by atoms with E-state index in [1.54, 1.807) is 50.2 Å². The predicted octanol–water partition coefficient (Wildman–Crippen LogP) is 5.09. The number of aromatic nitrogens is 1. The van der Waals surface area contributed by atoms with Gasteiger partial charge in [0.2, 0.25) is 5.91 Å². The van der Waals surface area contributed by atoms with Gasteiger partial charge in [0.25, 0.3) is 5.91 Å². The molecule has 6 amide bonds. The lowest BCUT2D eigenvalue weighted by molar-refractivity contribution is -0.140. The second-order valence-electron chi connectivity index (χ2n) is 12.7. The summed E-state index contributed by atoms with van der Waals surface area (Å²) >= 11 is 0. The van der Waals surface area contributed by atoms with E-state index < -0.39 is 47.5 Å². The molecule has 1 aromatic heterocycles. The summed E-state index contributed by atoms with van der Waals surface area (Å²) in [5.41, 5.74) is 1.87. The molecule has 1 saturated heterocycles. The van der Waals surface area contributed by atoms with E-state index >= 15 is 0 Å². The van der Waals surface area contributed by atoms with Crippen LogP contribution in [-0.2, 0) is 20.9 Å². The number of carboxylic acid groups (broad SMARTS) is 1. The molecule has 48 heavy (non-hydrogen) atoms. The number of ether oxygens (including phenoxy) is 1. The second kappa shape index (κ2) is 14.1. The molecule has 252 valence electrons. The number of carbonyl (C=O) groups excluding carboxylic acids is 4. The normalized spacial score (nSPS) is 16.7. The molecule has 2 aliphatic rings. The number of para-hydroxylation sites is 1. The number of imide groups is 1. The van der Waals surface area contributed by atoms with Crippen LogP contribution in [-0.4, -0.2) is 68.4 Å². The molecule has 3 aromatic rings. The quantitative estimate of drug-likeness (QED) is 0.185. The first-order valence-corrected chi connectivity index (χ1v) is 15.8. The highest BCUT2D eigenvalue weighted by molar-refractivity contribution is 6.09. The van der Waals surface area contributed by atoms with Crippen LogP contribution in [0.15, 0.2) is 67.0 Å². The highest BCUT2D eigenvalue weighted by Crippen LogP contribution is 2.39. The number of benzene rings is 2. The lowest BCUT2D eigenvalue weighted by Crippen LogP contribution is -2.51. The Bertz CT molecular complexity index is 1710. The van der Waals surface area contributed by atoms with Crippen molar-refractivity contribution in [1.82, 2.24) is 20.1 Å². The Labute approximate surface area is 278 Å². The van der Waals surface area contributed by atoms with E-state index in [0.29, 0.717) is 28.3 Å². The van der Waals surface area contributed by atoms with Crippen LogP contribution < -0.4 is 20.7 Å². The third-order valence-electron chi connectivity index (χ3n) is 8.77. The minimum Gasteiger partial charge on any atom is -0.495 e. The molecular weight excluding hydrogens is 616 g/mol. The van der Waals surface area contributed by atoms with Gasteiger partial charge in [-0.3, -0.25) is 19.4 Å². The molecule has 1 aliphatic heterocycles. The first-order chi connectivity index (χ1) is 22.9. The number of carboxylic acids is 1. The van der Waals surface area contributed by atoms with Crippen LogP contribution >= 0.6 is 0 Å². The summed E-state index contributed by atoms with van der Waals surface area (Å²) in [7, 11) is 1.46. The molecule has 0 bridgehead atoms. The number of carbonyl (C=O) groups is 5. The Hall–Kier alpha value is -5.46. The first kappa shape index (κ1) is 33.9. The summed E-state index contributed by atoms with van der Waals surface area (Å²) in [6.07, 6.45) is 4.65. The topological polar surface area (TPSA) is 170 Å². The number of hydrogen-bond acceptors (Lipinski definition) is 7. The second-order valence-corrected chi connectivity index (χ2v) is 12.7. The highest BCUT2D eigenvalue weighted by Gasteiger charge is 2.55. The predicted molar refractivity (Wildman–Crippen MR) is 177 cm³/mol. The fraction of sp³-hybridized carbons (Fsp3) is 0.371. The van der Waals surface area contributed by atoms with Crippen molar-refractivity contribution in [2.75, 3.05) is 17.7 Å². The zero-order valence-corrected chi connectivity index (χ0v) is 27.4. The van der Waals surface area contributed by atoms with E-state index in [9.17, 15) is 29.1 Å². The molecule has 1 aliphatic carbocycles. The summed E-state index contributed by atoms with van der Waals surface area (Å²) in [5, 5.41) is 17.9. The molecule has 13 nitrogen and oxygen atoms in total. The van der Waals surface area contributed by atoms with Gasteiger partial charge in [-0.2, -0.15) is 0 Å². The monoisotopic (exact) mass is 656 g/mol. The van der Waals surface area contributed by atoms with Crippen molar-refractivity contribution >= 4 is 41.2 Å². The van der Waals surface area contributed by atoms with Crippen molar-refractivity contribution in [3.8, 4) is 5.75 Å². The zero-order valence-electron chi connectivity index (χ0n) is 27.4. The number of anilines is 2. The van der Waals surface area contributed by atoms with Gasteiger partial charge in [0.05, 0.1) is 25.3 Å². The van der Waals surface area contributed by atoms with Gasteiger partial charge in [0.1, 0.15) is 17.3 Å². The van der Waals surface area contributed by atoms with Crippen molar-refractivity contribution in [1.29, 1.82) is 0 Å². The van der Waals surface area contributed by atoms with Crippen LogP contribution in [0.2, 0.25) is 0 Å². The van der Waals surface area contributed by atoms with Crippen LogP contribution in [0.1, 0.15) is 62.3 Å². The molecule has 2 fully saturated rings. The number of pyridine rings is 1. The fourth-order valence-corrected chi connectivity index (χ4v) is 5.80. The maximum absolute atomic E-state index is 14.0. The van der Waals surface area contributed by atoms with Gasteiger partial charge >= 0.3 is 18.0 Å². The van der Waals surface area contributed by atoms with Crippen LogP contribution in [0.4, 0.5) is 21.0 Å². The zero-order chi connectivity index (χ0) is 34.6. The maximum Gasteiger partial charge on any atom is 0.328 e. The van der Waals surface area contributed by atoms with Crippen LogP contribution in [0.25, 0.3) is 0 Å². The van der Waals surface area contributed by atoms with Gasteiger partial charge in [0.15, 0.2) is 0 Å². The van der Waals surface area contributed by atoms with Gasteiger partial charge in [-0.05, 0) is 80.1 Å². The number of amides is 6. The highest BCUT2D eigenvalue weighted by atomic mass is 16.5. The molecule has 4 N–H and O–H groups in total. The number of methoxy groups -OCH3 is 1. The van der Waals surface area contributed by atoms with E-state index in [2.05, 4.69) is 20.9 Å². The Morgan fingerprint density at radius 2 is 1.71 bits per heavy atom. The Balaban J connectivity index is 1.34. The van der Waals surface area contributed by atoms with E-state index in [1.165, 1.54) is 24.4 Å². The Morgan fingerprint density at radius 1 is 1.02 bits per heavy atom. The Kier molecular flexibility index (Phi) is 9.97. The molecule has 0 radical (unpaired) electrons. The van der Waals surface area contributed by atoms with Crippen molar-refractivity contribution in [2.45, 2.75) is 70.6 Å². The molecule has 1 unspecified atom stereocenters. The lowest BCUT2D eigenvalue weighted by atomic mass is 10.0. The van der Waals surface area contributed by atoms with Crippen molar-refractivity contribution in [3.05, 3.63) is 83.7 Å². The smallest absolute Gasteiger partial charge is 0.328 e. The van der Waals surface area contributed by atoms with Gasteiger partial charge in [-0.25, -0.2) is 14.5 Å². The molecule has 2 heterocycles. The summed E-state index contributed by atoms with van der Waals surface area (Å²) in [6.45, 7) is 5.17. The van der Waals surface area contributed by atoms with E-state index in [4.69, 9.17) is 4.74 Å². The number of rotatable bonds is 13. The molecule has 0 spiro atoms. The SMILES string of the molecule is COc1cc(CN2C(=O)N([C@@H](CC3CC3)C(=O)NC(CC(=O)O)c3ccncc3)C(=O)C2(C)C)ccc1NC(=O)Nc1ccccc1C. The number of aryl methyl sites for hydroxylation is 1. The molecule has 1 saturated carbocycles. The van der Waals surface area contributed by atoms with Crippen molar-refractivity contribution in [2.24, 2.45) is 5.92 Å². The van der Waals surface area contributed by atoms with E-state index in [1.807, 2.05) is 25.1 Å². The maximum atomic E-state index is 14.0. The minimum atomic E-state index is -1.29. The summed E-state index contributed by atoms with van der Waals surface area (Å²) < 4.78 is 5.55. The number of aliphatic carboxylic acids is 1.